The van der Waals surface area contributed by atoms with Crippen LogP contribution >= 0.6 is 0 Å². The van der Waals surface area contributed by atoms with E-state index in [1.54, 1.807) is 0 Å². The van der Waals surface area contributed by atoms with Crippen LogP contribution in [0.25, 0.3) is 6.08 Å². The van der Waals surface area contributed by atoms with Crippen LogP contribution in [0.5, 0.6) is 0 Å². The summed E-state index contributed by atoms with van der Waals surface area (Å²) in [5, 5.41) is 0. The Balaban J connectivity index is 3.05. The fourth-order valence-electron chi connectivity index (χ4n) is 1.86. The maximum Gasteiger partial charge on any atom is 0.333 e. The van der Waals surface area contributed by atoms with E-state index in [-0.39, 0.29) is 5.97 Å². The minimum Gasteiger partial charge on any atom is -0.466 e. The molecule has 1 aromatic carbocycles. The Bertz CT molecular complexity index is 470. The number of carbonyl (C=O) groups excluding carboxylic acids is 1. The Morgan fingerprint density at radius 1 is 1.41 bits per heavy atom. The zero-order valence-electron chi connectivity index (χ0n) is 10.7. The second-order valence-electron chi connectivity index (χ2n) is 4.06. The standard InChI is InChI=1S/C15H18O2/c1-6-14-10(2)7-8-13(12(14)4)9-11(3)15(16)17-5/h6-8H,1,3,9H2,2,4-5H3. The molecule has 0 N–H and O–H groups in total. The van der Waals surface area contributed by atoms with Crippen LogP contribution in [0.15, 0.2) is 30.9 Å². The van der Waals surface area contributed by atoms with Gasteiger partial charge in [-0.25, -0.2) is 4.79 Å². The second kappa shape index (κ2) is 5.48. The van der Waals surface area contributed by atoms with Gasteiger partial charge in [0.05, 0.1) is 7.11 Å². The summed E-state index contributed by atoms with van der Waals surface area (Å²) < 4.78 is 4.65. The van der Waals surface area contributed by atoms with Crippen LogP contribution in [0, 0.1) is 13.8 Å². The van der Waals surface area contributed by atoms with Gasteiger partial charge in [-0.2, -0.15) is 0 Å². The van der Waals surface area contributed by atoms with Crippen molar-refractivity contribution < 1.29 is 9.53 Å². The third-order valence-electron chi connectivity index (χ3n) is 2.93. The van der Waals surface area contributed by atoms with Crippen LogP contribution in [0.2, 0.25) is 0 Å². The van der Waals surface area contributed by atoms with Crippen LogP contribution in [-0.2, 0) is 16.0 Å². The monoisotopic (exact) mass is 230 g/mol. The van der Waals surface area contributed by atoms with E-state index in [4.69, 9.17) is 0 Å². The number of rotatable bonds is 4. The highest BCUT2D eigenvalue weighted by atomic mass is 16.5. The summed E-state index contributed by atoms with van der Waals surface area (Å²) in [6, 6.07) is 4.05. The molecule has 0 spiro atoms. The molecule has 2 heteroatoms. The maximum absolute atomic E-state index is 11.3. The van der Waals surface area contributed by atoms with Crippen molar-refractivity contribution in [2.24, 2.45) is 0 Å². The SMILES string of the molecule is C=Cc1c(C)ccc(CC(=C)C(=O)OC)c1C. The Hall–Kier alpha value is -1.83. The first-order chi connectivity index (χ1) is 8.01. The van der Waals surface area contributed by atoms with Gasteiger partial charge in [-0.3, -0.25) is 0 Å². The Morgan fingerprint density at radius 2 is 2.06 bits per heavy atom. The lowest BCUT2D eigenvalue weighted by Gasteiger charge is -2.12. The third-order valence-corrected chi connectivity index (χ3v) is 2.93. The zero-order valence-corrected chi connectivity index (χ0v) is 10.7. The van der Waals surface area contributed by atoms with Crippen LogP contribution in [0.1, 0.15) is 22.3 Å². The van der Waals surface area contributed by atoms with Gasteiger partial charge >= 0.3 is 5.97 Å². The summed E-state index contributed by atoms with van der Waals surface area (Å²) in [7, 11) is 1.37. The van der Waals surface area contributed by atoms with Gasteiger partial charge in [-0.05, 0) is 36.1 Å². The highest BCUT2D eigenvalue weighted by Crippen LogP contribution is 2.21. The van der Waals surface area contributed by atoms with Gasteiger partial charge in [0.2, 0.25) is 0 Å². The number of esters is 1. The lowest BCUT2D eigenvalue weighted by molar-refractivity contribution is -0.136. The van der Waals surface area contributed by atoms with Crippen molar-refractivity contribution in [2.45, 2.75) is 20.3 Å². The minimum absolute atomic E-state index is 0.356. The molecule has 1 rings (SSSR count). The normalized spacial score (nSPS) is 9.82. The molecule has 0 bridgehead atoms. The van der Waals surface area contributed by atoms with Crippen molar-refractivity contribution in [3.05, 3.63) is 53.1 Å². The van der Waals surface area contributed by atoms with Crippen molar-refractivity contribution in [3.8, 4) is 0 Å². The first-order valence-corrected chi connectivity index (χ1v) is 5.48. The summed E-state index contributed by atoms with van der Waals surface area (Å²) >= 11 is 0. The van der Waals surface area contributed by atoms with E-state index >= 15 is 0 Å². The Labute approximate surface area is 103 Å². The van der Waals surface area contributed by atoms with Gasteiger partial charge in [0.25, 0.3) is 0 Å². The topological polar surface area (TPSA) is 26.3 Å². The summed E-state index contributed by atoms with van der Waals surface area (Å²) in [6.07, 6.45) is 2.36. The molecule has 0 radical (unpaired) electrons. The number of aryl methyl sites for hydroxylation is 1. The molecule has 0 aliphatic rings. The van der Waals surface area contributed by atoms with Crippen molar-refractivity contribution in [2.75, 3.05) is 7.11 Å². The molecule has 90 valence electrons. The molecular weight excluding hydrogens is 212 g/mol. The molecule has 0 heterocycles. The molecule has 0 fully saturated rings. The predicted octanol–water partition coefficient (Wildman–Crippen LogP) is 3.22. The van der Waals surface area contributed by atoms with Crippen molar-refractivity contribution in [3.63, 3.8) is 0 Å². The van der Waals surface area contributed by atoms with Crippen LogP contribution < -0.4 is 0 Å². The van der Waals surface area contributed by atoms with Crippen LogP contribution in [0.4, 0.5) is 0 Å². The average molecular weight is 230 g/mol. The summed E-state index contributed by atoms with van der Waals surface area (Å²) in [5.74, 6) is -0.356. The summed E-state index contributed by atoms with van der Waals surface area (Å²) in [6.45, 7) is 11.6. The van der Waals surface area contributed by atoms with E-state index in [9.17, 15) is 4.79 Å². The van der Waals surface area contributed by atoms with Gasteiger partial charge in [0.1, 0.15) is 0 Å². The largest absolute Gasteiger partial charge is 0.466 e. The van der Waals surface area contributed by atoms with Crippen molar-refractivity contribution >= 4 is 12.0 Å². The molecule has 0 aromatic heterocycles. The lowest BCUT2D eigenvalue weighted by atomic mass is 9.94. The Morgan fingerprint density at radius 3 is 2.59 bits per heavy atom. The molecule has 0 saturated carbocycles. The highest BCUT2D eigenvalue weighted by Gasteiger charge is 2.11. The molecule has 1 aromatic rings. The molecule has 0 unspecified atom stereocenters. The van der Waals surface area contributed by atoms with Crippen molar-refractivity contribution in [1.29, 1.82) is 0 Å². The van der Waals surface area contributed by atoms with E-state index in [0.717, 1.165) is 16.7 Å². The van der Waals surface area contributed by atoms with Gasteiger partial charge in [0, 0.05) is 12.0 Å². The fourth-order valence-corrected chi connectivity index (χ4v) is 1.86. The van der Waals surface area contributed by atoms with E-state index in [0.29, 0.717) is 12.0 Å². The average Bonchev–Trinajstić information content (AvgIpc) is 2.32. The number of hydrogen-bond acceptors (Lipinski definition) is 2. The van der Waals surface area contributed by atoms with E-state index in [1.807, 2.05) is 32.1 Å². The summed E-state index contributed by atoms with van der Waals surface area (Å²) in [5.41, 5.74) is 5.01. The third kappa shape index (κ3) is 2.84. The molecule has 0 aliphatic heterocycles. The molecule has 17 heavy (non-hydrogen) atoms. The van der Waals surface area contributed by atoms with Gasteiger partial charge in [-0.15, -0.1) is 0 Å². The molecule has 0 amide bonds. The van der Waals surface area contributed by atoms with Crippen LogP contribution in [0.3, 0.4) is 0 Å². The zero-order chi connectivity index (χ0) is 13.0. The molecule has 0 aliphatic carbocycles. The number of ether oxygens (including phenoxy) is 1. The highest BCUT2D eigenvalue weighted by molar-refractivity contribution is 5.88. The fraction of sp³-hybridized carbons (Fsp3) is 0.267. The second-order valence-corrected chi connectivity index (χ2v) is 4.06. The molecular formula is C15H18O2. The quantitative estimate of drug-likeness (QED) is 0.586. The lowest BCUT2D eigenvalue weighted by Crippen LogP contribution is -2.07. The van der Waals surface area contributed by atoms with Gasteiger partial charge in [-0.1, -0.05) is 31.4 Å². The summed E-state index contributed by atoms with van der Waals surface area (Å²) in [4.78, 5) is 11.3. The molecule has 0 atom stereocenters. The minimum atomic E-state index is -0.356. The first kappa shape index (κ1) is 13.2. The molecule has 2 nitrogen and oxygen atoms in total. The maximum atomic E-state index is 11.3. The predicted molar refractivity (Wildman–Crippen MR) is 70.9 cm³/mol. The smallest absolute Gasteiger partial charge is 0.333 e. The number of methoxy groups -OCH3 is 1. The van der Waals surface area contributed by atoms with Crippen molar-refractivity contribution in [1.82, 2.24) is 0 Å². The number of hydrogen-bond donors (Lipinski definition) is 0. The van der Waals surface area contributed by atoms with E-state index in [1.165, 1.54) is 12.7 Å². The Kier molecular flexibility index (Phi) is 4.27. The first-order valence-electron chi connectivity index (χ1n) is 5.48. The molecule has 0 saturated heterocycles. The van der Waals surface area contributed by atoms with Gasteiger partial charge < -0.3 is 4.74 Å². The van der Waals surface area contributed by atoms with Crippen LogP contribution in [-0.4, -0.2) is 13.1 Å². The number of benzene rings is 1. The van der Waals surface area contributed by atoms with E-state index in [2.05, 4.69) is 17.9 Å². The van der Waals surface area contributed by atoms with E-state index < -0.39 is 0 Å². The number of carbonyl (C=O) groups is 1. The van der Waals surface area contributed by atoms with Gasteiger partial charge in [0.15, 0.2) is 0 Å².